The van der Waals surface area contributed by atoms with Crippen LogP contribution in [0.4, 0.5) is 5.82 Å². The van der Waals surface area contributed by atoms with Gasteiger partial charge >= 0.3 is 0 Å². The first-order valence-electron chi connectivity index (χ1n) is 6.98. The van der Waals surface area contributed by atoms with Gasteiger partial charge in [0.05, 0.1) is 6.10 Å². The molecule has 108 valence electrons. The smallest absolute Gasteiger partial charge is 0.138 e. The SMILES string of the molecule is CCc1c(Cl)nc(C)nc1NCC(O)C(CC)CC. The summed E-state index contributed by atoms with van der Waals surface area (Å²) < 4.78 is 0. The van der Waals surface area contributed by atoms with Crippen LogP contribution in [0.15, 0.2) is 0 Å². The number of halogens is 1. The predicted molar refractivity (Wildman–Crippen MR) is 79.7 cm³/mol. The Hall–Kier alpha value is -0.870. The minimum Gasteiger partial charge on any atom is -0.391 e. The highest BCUT2D eigenvalue weighted by Crippen LogP contribution is 2.22. The van der Waals surface area contributed by atoms with Crippen molar-refractivity contribution in [3.05, 3.63) is 16.5 Å². The molecule has 5 heteroatoms. The van der Waals surface area contributed by atoms with Crippen LogP contribution in [0.1, 0.15) is 45.0 Å². The number of nitrogens with zero attached hydrogens (tertiary/aromatic N) is 2. The summed E-state index contributed by atoms with van der Waals surface area (Å²) in [5.74, 6) is 1.70. The highest BCUT2D eigenvalue weighted by Gasteiger charge is 2.17. The second-order valence-corrected chi connectivity index (χ2v) is 5.13. The Balaban J connectivity index is 2.77. The maximum Gasteiger partial charge on any atom is 0.138 e. The van der Waals surface area contributed by atoms with E-state index in [9.17, 15) is 5.11 Å². The first kappa shape index (κ1) is 16.2. The zero-order valence-electron chi connectivity index (χ0n) is 12.2. The van der Waals surface area contributed by atoms with Gasteiger partial charge in [0.15, 0.2) is 0 Å². The fourth-order valence-electron chi connectivity index (χ4n) is 2.22. The van der Waals surface area contributed by atoms with Crippen LogP contribution in [0.5, 0.6) is 0 Å². The second-order valence-electron chi connectivity index (χ2n) is 4.77. The molecule has 2 N–H and O–H groups in total. The normalized spacial score (nSPS) is 12.8. The number of aromatic nitrogens is 2. The molecule has 1 unspecified atom stereocenters. The third-order valence-electron chi connectivity index (χ3n) is 3.49. The summed E-state index contributed by atoms with van der Waals surface area (Å²) in [5, 5.41) is 13.8. The summed E-state index contributed by atoms with van der Waals surface area (Å²) in [5.41, 5.74) is 0.906. The minimum absolute atomic E-state index is 0.316. The van der Waals surface area contributed by atoms with Crippen LogP contribution in [0.3, 0.4) is 0 Å². The first-order valence-corrected chi connectivity index (χ1v) is 7.36. The van der Waals surface area contributed by atoms with Gasteiger partial charge in [-0.25, -0.2) is 9.97 Å². The molecule has 0 spiro atoms. The number of anilines is 1. The highest BCUT2D eigenvalue weighted by molar-refractivity contribution is 6.30. The van der Waals surface area contributed by atoms with Crippen LogP contribution in [0, 0.1) is 12.8 Å². The molecule has 0 fully saturated rings. The number of aryl methyl sites for hydroxylation is 1. The van der Waals surface area contributed by atoms with Gasteiger partial charge in [-0.2, -0.15) is 0 Å². The van der Waals surface area contributed by atoms with Gasteiger partial charge in [0.25, 0.3) is 0 Å². The predicted octanol–water partition coefficient (Wildman–Crippen LogP) is 3.21. The van der Waals surface area contributed by atoms with Crippen molar-refractivity contribution in [2.45, 2.75) is 53.1 Å². The largest absolute Gasteiger partial charge is 0.391 e. The Morgan fingerprint density at radius 3 is 2.37 bits per heavy atom. The molecule has 0 saturated carbocycles. The van der Waals surface area contributed by atoms with Crippen molar-refractivity contribution < 1.29 is 5.11 Å². The highest BCUT2D eigenvalue weighted by atomic mass is 35.5. The quantitative estimate of drug-likeness (QED) is 0.755. The molecule has 1 atom stereocenters. The number of nitrogens with one attached hydrogen (secondary N) is 1. The Morgan fingerprint density at radius 1 is 1.21 bits per heavy atom. The Kier molecular flexibility index (Phi) is 6.52. The number of aliphatic hydroxyl groups excluding tert-OH is 1. The van der Waals surface area contributed by atoms with Crippen LogP contribution in [-0.2, 0) is 6.42 Å². The van der Waals surface area contributed by atoms with E-state index in [1.807, 2.05) is 13.8 Å². The van der Waals surface area contributed by atoms with Crippen LogP contribution < -0.4 is 5.32 Å². The summed E-state index contributed by atoms with van der Waals surface area (Å²) in [7, 11) is 0. The molecule has 1 aromatic rings. The van der Waals surface area contributed by atoms with Gasteiger partial charge in [0.2, 0.25) is 0 Å². The zero-order valence-corrected chi connectivity index (χ0v) is 13.0. The van der Waals surface area contributed by atoms with E-state index in [1.165, 1.54) is 0 Å². The summed E-state index contributed by atoms with van der Waals surface area (Å²) in [6.07, 6.45) is 2.35. The molecular weight excluding hydrogens is 262 g/mol. The molecule has 0 amide bonds. The van der Waals surface area contributed by atoms with Gasteiger partial charge in [0, 0.05) is 12.1 Å². The third kappa shape index (κ3) is 4.32. The van der Waals surface area contributed by atoms with Crippen molar-refractivity contribution in [2.75, 3.05) is 11.9 Å². The average Bonchev–Trinajstić information content (AvgIpc) is 2.37. The number of hydrogen-bond donors (Lipinski definition) is 2. The van der Waals surface area contributed by atoms with E-state index in [1.54, 1.807) is 0 Å². The summed E-state index contributed by atoms with van der Waals surface area (Å²) in [4.78, 5) is 8.52. The van der Waals surface area contributed by atoms with E-state index in [0.29, 0.717) is 23.4 Å². The molecule has 0 aliphatic carbocycles. The van der Waals surface area contributed by atoms with Gasteiger partial charge < -0.3 is 10.4 Å². The van der Waals surface area contributed by atoms with Crippen molar-refractivity contribution in [1.82, 2.24) is 9.97 Å². The molecule has 0 aliphatic rings. The van der Waals surface area contributed by atoms with Crippen molar-refractivity contribution in [2.24, 2.45) is 5.92 Å². The zero-order chi connectivity index (χ0) is 14.4. The Labute approximate surface area is 120 Å². The number of rotatable bonds is 7. The molecule has 1 aromatic heterocycles. The van der Waals surface area contributed by atoms with Gasteiger partial charge in [0.1, 0.15) is 16.8 Å². The Bertz CT molecular complexity index is 408. The topological polar surface area (TPSA) is 58.0 Å². The summed E-state index contributed by atoms with van der Waals surface area (Å²) in [6.45, 7) is 8.52. The molecule has 4 nitrogen and oxygen atoms in total. The molecular formula is C14H24ClN3O. The number of hydrogen-bond acceptors (Lipinski definition) is 4. The molecule has 0 aromatic carbocycles. The molecule has 0 radical (unpaired) electrons. The molecule has 1 heterocycles. The monoisotopic (exact) mass is 285 g/mol. The molecule has 0 saturated heterocycles. The minimum atomic E-state index is -0.367. The van der Waals surface area contributed by atoms with Gasteiger partial charge in [-0.3, -0.25) is 0 Å². The Morgan fingerprint density at radius 2 is 1.84 bits per heavy atom. The lowest BCUT2D eigenvalue weighted by molar-refractivity contribution is 0.114. The lowest BCUT2D eigenvalue weighted by Crippen LogP contribution is -2.28. The fraction of sp³-hybridized carbons (Fsp3) is 0.714. The van der Waals surface area contributed by atoms with Crippen LogP contribution >= 0.6 is 11.6 Å². The summed E-state index contributed by atoms with van der Waals surface area (Å²) >= 11 is 6.11. The van der Waals surface area contributed by atoms with E-state index < -0.39 is 0 Å². The van der Waals surface area contributed by atoms with Crippen molar-refractivity contribution in [3.8, 4) is 0 Å². The maximum absolute atomic E-state index is 10.1. The molecule has 0 bridgehead atoms. The lowest BCUT2D eigenvalue weighted by Gasteiger charge is -2.21. The summed E-state index contributed by atoms with van der Waals surface area (Å²) in [6, 6.07) is 0. The fourth-order valence-corrected chi connectivity index (χ4v) is 2.57. The molecule has 19 heavy (non-hydrogen) atoms. The van der Waals surface area contributed by atoms with Crippen molar-refractivity contribution in [1.29, 1.82) is 0 Å². The van der Waals surface area contributed by atoms with Crippen LogP contribution in [-0.4, -0.2) is 27.7 Å². The van der Waals surface area contributed by atoms with Crippen molar-refractivity contribution >= 4 is 17.4 Å². The van der Waals surface area contributed by atoms with E-state index in [-0.39, 0.29) is 6.10 Å². The van der Waals surface area contributed by atoms with Crippen molar-refractivity contribution in [3.63, 3.8) is 0 Å². The number of aliphatic hydroxyl groups is 1. The second kappa shape index (κ2) is 7.65. The van der Waals surface area contributed by atoms with Crippen LogP contribution in [0.25, 0.3) is 0 Å². The molecule has 0 aliphatic heterocycles. The lowest BCUT2D eigenvalue weighted by atomic mass is 9.96. The van der Waals surface area contributed by atoms with Gasteiger partial charge in [-0.1, -0.05) is 45.2 Å². The third-order valence-corrected chi connectivity index (χ3v) is 3.81. The maximum atomic E-state index is 10.1. The van der Waals surface area contributed by atoms with Gasteiger partial charge in [-0.05, 0) is 19.3 Å². The van der Waals surface area contributed by atoms with Gasteiger partial charge in [-0.15, -0.1) is 0 Å². The van der Waals surface area contributed by atoms with E-state index in [0.717, 1.165) is 30.6 Å². The average molecular weight is 286 g/mol. The standard InChI is InChI=1S/C14H24ClN3O/c1-5-10(6-2)12(19)8-16-14-11(7-3)13(15)17-9(4)18-14/h10,12,19H,5-8H2,1-4H3,(H,16,17,18). The molecule has 1 rings (SSSR count). The van der Waals surface area contributed by atoms with E-state index in [4.69, 9.17) is 11.6 Å². The first-order chi connectivity index (χ1) is 9.03. The van der Waals surface area contributed by atoms with E-state index in [2.05, 4.69) is 29.1 Å². The van der Waals surface area contributed by atoms with Crippen LogP contribution in [0.2, 0.25) is 5.15 Å². The van der Waals surface area contributed by atoms with E-state index >= 15 is 0 Å².